The maximum atomic E-state index is 12.2. The monoisotopic (exact) mass is 268 g/mol. The molecule has 0 spiro atoms. The van der Waals surface area contributed by atoms with Crippen LogP contribution in [0.4, 0.5) is 13.2 Å². The second-order valence-electron chi connectivity index (χ2n) is 5.60. The third-order valence-corrected chi connectivity index (χ3v) is 3.35. The number of hydrogen-bond acceptors (Lipinski definition) is 2. The molecule has 110 valence electrons. The molecule has 5 heteroatoms. The minimum absolute atomic E-state index is 0.145. The van der Waals surface area contributed by atoms with Gasteiger partial charge in [0.1, 0.15) is 0 Å². The first-order valence-electron chi connectivity index (χ1n) is 6.66. The van der Waals surface area contributed by atoms with Crippen LogP contribution < -0.4 is 5.73 Å². The molecule has 0 aromatic carbocycles. The molecule has 0 rings (SSSR count). The fourth-order valence-electron chi connectivity index (χ4n) is 2.23. The molecule has 0 amide bonds. The van der Waals surface area contributed by atoms with Gasteiger partial charge in [-0.1, -0.05) is 20.8 Å². The molecule has 0 saturated heterocycles. The van der Waals surface area contributed by atoms with Gasteiger partial charge in [-0.3, -0.25) is 4.90 Å². The van der Waals surface area contributed by atoms with Crippen LogP contribution in [0, 0.1) is 5.92 Å². The molecule has 0 fully saturated rings. The van der Waals surface area contributed by atoms with Gasteiger partial charge in [-0.2, -0.15) is 13.2 Å². The quantitative estimate of drug-likeness (QED) is 0.731. The van der Waals surface area contributed by atoms with E-state index in [1.165, 1.54) is 0 Å². The number of nitrogens with zero attached hydrogens (tertiary/aromatic N) is 1. The van der Waals surface area contributed by atoms with Crippen molar-refractivity contribution >= 4 is 0 Å². The Balaban J connectivity index is 4.47. The number of halogens is 3. The molecule has 1 atom stereocenters. The molecule has 0 aliphatic carbocycles. The maximum absolute atomic E-state index is 12.2. The highest BCUT2D eigenvalue weighted by molar-refractivity contribution is 4.87. The molecule has 0 aliphatic rings. The highest BCUT2D eigenvalue weighted by atomic mass is 19.4. The number of alkyl halides is 3. The molecule has 0 radical (unpaired) electrons. The van der Waals surface area contributed by atoms with Gasteiger partial charge in [0.05, 0.1) is 0 Å². The van der Waals surface area contributed by atoms with Crippen molar-refractivity contribution in [3.05, 3.63) is 0 Å². The summed E-state index contributed by atoms with van der Waals surface area (Å²) in [6.45, 7) is 10.3. The summed E-state index contributed by atoms with van der Waals surface area (Å²) in [6.07, 6.45) is -4.15. The van der Waals surface area contributed by atoms with Crippen molar-refractivity contribution in [3.63, 3.8) is 0 Å². The molecule has 0 aromatic rings. The smallest absolute Gasteiger partial charge is 0.329 e. The predicted molar refractivity (Wildman–Crippen MR) is 69.5 cm³/mol. The summed E-state index contributed by atoms with van der Waals surface area (Å²) in [5, 5.41) is 0. The van der Waals surface area contributed by atoms with Gasteiger partial charge < -0.3 is 5.73 Å². The van der Waals surface area contributed by atoms with E-state index >= 15 is 0 Å². The second kappa shape index (κ2) is 7.34. The van der Waals surface area contributed by atoms with Crippen molar-refractivity contribution in [2.75, 3.05) is 19.6 Å². The van der Waals surface area contributed by atoms with Crippen LogP contribution in [0.15, 0.2) is 0 Å². The molecule has 0 aliphatic heterocycles. The molecule has 2 N–H and O–H groups in total. The van der Waals surface area contributed by atoms with Crippen molar-refractivity contribution < 1.29 is 13.2 Å². The molecule has 1 unspecified atom stereocenters. The number of likely N-dealkylation sites (N-methyl/N-ethyl adjacent to an activating group) is 1. The first-order valence-corrected chi connectivity index (χ1v) is 6.66. The Morgan fingerprint density at radius 3 is 2.06 bits per heavy atom. The zero-order chi connectivity index (χ0) is 14.4. The Hall–Kier alpha value is -0.290. The summed E-state index contributed by atoms with van der Waals surface area (Å²) in [4.78, 5) is 2.20. The minimum Gasteiger partial charge on any atom is -0.329 e. The van der Waals surface area contributed by atoms with Crippen LogP contribution in [0.3, 0.4) is 0 Å². The minimum atomic E-state index is -4.06. The fourth-order valence-corrected chi connectivity index (χ4v) is 2.23. The highest BCUT2D eigenvalue weighted by Gasteiger charge is 2.32. The second-order valence-corrected chi connectivity index (χ2v) is 5.60. The standard InChI is InChI=1S/C13H27F3N2/c1-5-18(9-11(2)3)12(4,10-17)7-6-8-13(14,15)16/h11H,5-10,17H2,1-4H3. The van der Waals surface area contributed by atoms with Gasteiger partial charge in [-0.05, 0) is 32.2 Å². The van der Waals surface area contributed by atoms with Gasteiger partial charge in [-0.25, -0.2) is 0 Å². The van der Waals surface area contributed by atoms with Crippen LogP contribution >= 0.6 is 0 Å². The van der Waals surface area contributed by atoms with Crippen LogP contribution in [0.2, 0.25) is 0 Å². The molecule has 0 saturated carbocycles. The zero-order valence-electron chi connectivity index (χ0n) is 12.0. The lowest BCUT2D eigenvalue weighted by Crippen LogP contribution is -2.52. The lowest BCUT2D eigenvalue weighted by Gasteiger charge is -2.41. The predicted octanol–water partition coefficient (Wildman–Crippen LogP) is 3.41. The van der Waals surface area contributed by atoms with Gasteiger partial charge in [0.25, 0.3) is 0 Å². The summed E-state index contributed by atoms with van der Waals surface area (Å²) in [6, 6.07) is 0. The Kier molecular flexibility index (Phi) is 7.22. The fraction of sp³-hybridized carbons (Fsp3) is 1.00. The maximum Gasteiger partial charge on any atom is 0.389 e. The molecule has 2 nitrogen and oxygen atoms in total. The highest BCUT2D eigenvalue weighted by Crippen LogP contribution is 2.27. The number of hydrogen-bond donors (Lipinski definition) is 1. The van der Waals surface area contributed by atoms with E-state index in [1.54, 1.807) is 0 Å². The van der Waals surface area contributed by atoms with Crippen molar-refractivity contribution in [3.8, 4) is 0 Å². The topological polar surface area (TPSA) is 29.3 Å². The number of nitrogens with two attached hydrogens (primary N) is 1. The Morgan fingerprint density at radius 1 is 1.17 bits per heavy atom. The van der Waals surface area contributed by atoms with Crippen molar-refractivity contribution in [2.45, 2.75) is 58.7 Å². The lowest BCUT2D eigenvalue weighted by atomic mass is 9.91. The largest absolute Gasteiger partial charge is 0.389 e. The van der Waals surface area contributed by atoms with Crippen LogP contribution in [-0.2, 0) is 0 Å². The van der Waals surface area contributed by atoms with Gasteiger partial charge >= 0.3 is 6.18 Å². The molecular formula is C13H27F3N2. The van der Waals surface area contributed by atoms with E-state index < -0.39 is 12.6 Å². The summed E-state index contributed by atoms with van der Waals surface area (Å²) in [7, 11) is 0. The van der Waals surface area contributed by atoms with E-state index in [4.69, 9.17) is 5.73 Å². The first kappa shape index (κ1) is 17.7. The summed E-state index contributed by atoms with van der Waals surface area (Å²) < 4.78 is 36.5. The van der Waals surface area contributed by atoms with Crippen molar-refractivity contribution in [1.82, 2.24) is 4.90 Å². The van der Waals surface area contributed by atoms with E-state index in [1.807, 2.05) is 13.8 Å². The average molecular weight is 268 g/mol. The van der Waals surface area contributed by atoms with Crippen LogP contribution in [0.25, 0.3) is 0 Å². The van der Waals surface area contributed by atoms with E-state index in [0.29, 0.717) is 18.9 Å². The Bertz CT molecular complexity index is 229. The SMILES string of the molecule is CCN(CC(C)C)C(C)(CN)CCCC(F)(F)F. The molecule has 0 heterocycles. The van der Waals surface area contributed by atoms with Crippen LogP contribution in [0.5, 0.6) is 0 Å². The van der Waals surface area contributed by atoms with E-state index in [0.717, 1.165) is 13.1 Å². The summed E-state index contributed by atoms with van der Waals surface area (Å²) in [5.74, 6) is 0.485. The van der Waals surface area contributed by atoms with Crippen molar-refractivity contribution in [2.24, 2.45) is 11.7 Å². The summed E-state index contributed by atoms with van der Waals surface area (Å²) >= 11 is 0. The molecule has 0 bridgehead atoms. The zero-order valence-corrected chi connectivity index (χ0v) is 12.0. The Morgan fingerprint density at radius 2 is 1.72 bits per heavy atom. The van der Waals surface area contributed by atoms with E-state index in [2.05, 4.69) is 18.7 Å². The molecule has 0 aromatic heterocycles. The van der Waals surface area contributed by atoms with Crippen LogP contribution in [0.1, 0.15) is 47.0 Å². The third kappa shape index (κ3) is 6.59. The normalized spacial score (nSPS) is 16.3. The van der Waals surface area contributed by atoms with E-state index in [-0.39, 0.29) is 12.0 Å². The van der Waals surface area contributed by atoms with Gasteiger partial charge in [-0.15, -0.1) is 0 Å². The van der Waals surface area contributed by atoms with Crippen LogP contribution in [-0.4, -0.2) is 36.2 Å². The van der Waals surface area contributed by atoms with Gasteiger partial charge in [0.15, 0.2) is 0 Å². The van der Waals surface area contributed by atoms with Gasteiger partial charge in [0.2, 0.25) is 0 Å². The van der Waals surface area contributed by atoms with E-state index in [9.17, 15) is 13.2 Å². The summed E-state index contributed by atoms with van der Waals surface area (Å²) in [5.41, 5.74) is 5.46. The lowest BCUT2D eigenvalue weighted by molar-refractivity contribution is -0.136. The van der Waals surface area contributed by atoms with Gasteiger partial charge in [0, 0.05) is 25.0 Å². The first-order chi connectivity index (χ1) is 8.14. The average Bonchev–Trinajstić information content (AvgIpc) is 2.23. The molecule has 18 heavy (non-hydrogen) atoms. The Labute approximate surface area is 109 Å². The third-order valence-electron chi connectivity index (χ3n) is 3.35. The number of rotatable bonds is 8. The van der Waals surface area contributed by atoms with Crippen molar-refractivity contribution in [1.29, 1.82) is 0 Å². The molecular weight excluding hydrogens is 241 g/mol.